The molecule has 1 N–H and O–H groups in total. The molecule has 0 heterocycles. The van der Waals surface area contributed by atoms with E-state index >= 15 is 0 Å². The van der Waals surface area contributed by atoms with Gasteiger partial charge >= 0.3 is 0 Å². The van der Waals surface area contributed by atoms with Gasteiger partial charge in [0.15, 0.2) is 6.61 Å². The molecule has 3 nitrogen and oxygen atoms in total. The van der Waals surface area contributed by atoms with Crippen LogP contribution in [-0.4, -0.2) is 12.5 Å². The number of nitrogens with one attached hydrogen (secondary N) is 1. The number of hydrogen-bond donors (Lipinski definition) is 1. The fraction of sp³-hybridized carbons (Fsp3) is 0.350. The summed E-state index contributed by atoms with van der Waals surface area (Å²) in [4.78, 5) is 12.2. The van der Waals surface area contributed by atoms with Crippen LogP contribution >= 0.6 is 0 Å². The van der Waals surface area contributed by atoms with Gasteiger partial charge in [0.1, 0.15) is 5.75 Å². The minimum absolute atomic E-state index is 0.0537. The summed E-state index contributed by atoms with van der Waals surface area (Å²) < 4.78 is 5.57. The average molecular weight is 309 g/mol. The molecule has 0 aliphatic heterocycles. The van der Waals surface area contributed by atoms with Crippen molar-refractivity contribution in [3.63, 3.8) is 0 Å². The van der Waals surface area contributed by atoms with Gasteiger partial charge in [0.2, 0.25) is 0 Å². The number of hydrogen-bond acceptors (Lipinski definition) is 2. The Kier molecular flexibility index (Phi) is 4.65. The quantitative estimate of drug-likeness (QED) is 0.877. The molecule has 0 radical (unpaired) electrons. The van der Waals surface area contributed by atoms with Gasteiger partial charge in [-0.25, -0.2) is 0 Å². The highest BCUT2D eigenvalue weighted by molar-refractivity contribution is 5.78. The van der Waals surface area contributed by atoms with Crippen LogP contribution in [0.5, 0.6) is 5.75 Å². The summed E-state index contributed by atoms with van der Waals surface area (Å²) in [6.07, 6.45) is 2.36. The predicted octanol–water partition coefficient (Wildman–Crippen LogP) is 3.95. The van der Waals surface area contributed by atoms with E-state index < -0.39 is 0 Å². The molecule has 1 saturated carbocycles. The van der Waals surface area contributed by atoms with Crippen LogP contribution in [0.2, 0.25) is 0 Å². The summed E-state index contributed by atoms with van der Waals surface area (Å²) in [6.45, 7) is 4.15. The van der Waals surface area contributed by atoms with E-state index in [1.165, 1.54) is 29.5 Å². The lowest BCUT2D eigenvalue weighted by Gasteiger charge is -2.19. The summed E-state index contributed by atoms with van der Waals surface area (Å²) in [5.41, 5.74) is 3.59. The molecule has 2 aromatic rings. The zero-order chi connectivity index (χ0) is 16.2. The molecule has 23 heavy (non-hydrogen) atoms. The van der Waals surface area contributed by atoms with Crippen molar-refractivity contribution in [1.29, 1.82) is 0 Å². The molecule has 120 valence electrons. The lowest BCUT2D eigenvalue weighted by molar-refractivity contribution is -0.124. The molecule has 1 unspecified atom stereocenters. The van der Waals surface area contributed by atoms with Crippen LogP contribution in [0.25, 0.3) is 0 Å². The standard InChI is InChI=1S/C20H23NO2/c1-14-3-7-16(8-4-14)20(17-9-10-17)21-19(22)13-23-18-11-5-15(2)6-12-18/h3-8,11-12,17,20H,9-10,13H2,1-2H3,(H,21,22). The van der Waals surface area contributed by atoms with E-state index in [-0.39, 0.29) is 18.6 Å². The van der Waals surface area contributed by atoms with E-state index in [9.17, 15) is 4.79 Å². The third-order valence-electron chi connectivity index (χ3n) is 4.24. The molecule has 3 heteroatoms. The SMILES string of the molecule is Cc1ccc(OCC(=O)NC(c2ccc(C)cc2)C2CC2)cc1. The van der Waals surface area contributed by atoms with Crippen LogP contribution in [-0.2, 0) is 4.79 Å². The maximum absolute atomic E-state index is 12.2. The Labute approximate surface area is 137 Å². The zero-order valence-corrected chi connectivity index (χ0v) is 13.7. The van der Waals surface area contributed by atoms with Crippen LogP contribution < -0.4 is 10.1 Å². The van der Waals surface area contributed by atoms with Gasteiger partial charge in [0, 0.05) is 0 Å². The fourth-order valence-electron chi connectivity index (χ4n) is 2.68. The second-order valence-corrected chi connectivity index (χ2v) is 6.40. The molecule has 2 aromatic carbocycles. The first-order valence-electron chi connectivity index (χ1n) is 8.17. The van der Waals surface area contributed by atoms with Crippen molar-refractivity contribution in [3.05, 3.63) is 65.2 Å². The monoisotopic (exact) mass is 309 g/mol. The zero-order valence-electron chi connectivity index (χ0n) is 13.7. The van der Waals surface area contributed by atoms with E-state index in [1.54, 1.807) is 0 Å². The molecule has 1 atom stereocenters. The van der Waals surface area contributed by atoms with Gasteiger partial charge < -0.3 is 10.1 Å². The number of ether oxygens (including phenoxy) is 1. The summed E-state index contributed by atoms with van der Waals surface area (Å²) >= 11 is 0. The Morgan fingerprint density at radius 2 is 1.61 bits per heavy atom. The number of aryl methyl sites for hydroxylation is 2. The molecule has 0 bridgehead atoms. The van der Waals surface area contributed by atoms with Gasteiger partial charge in [-0.3, -0.25) is 4.79 Å². The van der Waals surface area contributed by atoms with Gasteiger partial charge in [-0.15, -0.1) is 0 Å². The first kappa shape index (κ1) is 15.6. The van der Waals surface area contributed by atoms with Crippen molar-refractivity contribution in [2.24, 2.45) is 5.92 Å². The third kappa shape index (κ3) is 4.35. The van der Waals surface area contributed by atoms with Gasteiger partial charge in [0.25, 0.3) is 5.91 Å². The van der Waals surface area contributed by atoms with E-state index in [4.69, 9.17) is 4.74 Å². The Morgan fingerprint density at radius 3 is 2.17 bits per heavy atom. The maximum Gasteiger partial charge on any atom is 0.258 e. The fourth-order valence-corrected chi connectivity index (χ4v) is 2.68. The van der Waals surface area contributed by atoms with Crippen molar-refractivity contribution in [2.75, 3.05) is 6.61 Å². The van der Waals surface area contributed by atoms with Gasteiger partial charge in [-0.2, -0.15) is 0 Å². The van der Waals surface area contributed by atoms with Gasteiger partial charge in [-0.1, -0.05) is 47.5 Å². The Morgan fingerprint density at radius 1 is 1.04 bits per heavy atom. The highest BCUT2D eigenvalue weighted by Gasteiger charge is 2.33. The van der Waals surface area contributed by atoms with Crippen molar-refractivity contribution >= 4 is 5.91 Å². The first-order valence-corrected chi connectivity index (χ1v) is 8.17. The molecular formula is C20H23NO2. The smallest absolute Gasteiger partial charge is 0.258 e. The normalized spacial score (nSPS) is 15.0. The molecule has 1 fully saturated rings. The van der Waals surface area contributed by atoms with Gasteiger partial charge in [-0.05, 0) is 50.3 Å². The molecule has 0 aromatic heterocycles. The molecule has 1 aliphatic carbocycles. The largest absolute Gasteiger partial charge is 0.484 e. The van der Waals surface area contributed by atoms with Crippen LogP contribution in [0.3, 0.4) is 0 Å². The Balaban J connectivity index is 1.58. The molecular weight excluding hydrogens is 286 g/mol. The Hall–Kier alpha value is -2.29. The van der Waals surface area contributed by atoms with E-state index in [1.807, 2.05) is 31.2 Å². The topological polar surface area (TPSA) is 38.3 Å². The summed E-state index contributed by atoms with van der Waals surface area (Å²) in [7, 11) is 0. The van der Waals surface area contributed by atoms with Crippen LogP contribution in [0.15, 0.2) is 48.5 Å². The van der Waals surface area contributed by atoms with Crippen LogP contribution in [0.4, 0.5) is 0 Å². The van der Waals surface area contributed by atoms with Crippen molar-refractivity contribution in [1.82, 2.24) is 5.32 Å². The molecule has 1 amide bonds. The van der Waals surface area contributed by atoms with E-state index in [0.29, 0.717) is 5.92 Å². The summed E-state index contributed by atoms with van der Waals surface area (Å²) in [5.74, 6) is 1.22. The van der Waals surface area contributed by atoms with Crippen LogP contribution in [0, 0.1) is 19.8 Å². The molecule has 0 saturated heterocycles. The Bertz CT molecular complexity index is 657. The highest BCUT2D eigenvalue weighted by atomic mass is 16.5. The van der Waals surface area contributed by atoms with E-state index in [0.717, 1.165) is 5.75 Å². The van der Waals surface area contributed by atoms with Crippen molar-refractivity contribution in [2.45, 2.75) is 32.7 Å². The van der Waals surface area contributed by atoms with Gasteiger partial charge in [0.05, 0.1) is 6.04 Å². The number of rotatable bonds is 6. The summed E-state index contributed by atoms with van der Waals surface area (Å²) in [5, 5.41) is 3.13. The minimum atomic E-state index is -0.0666. The average Bonchev–Trinajstić information content (AvgIpc) is 3.38. The van der Waals surface area contributed by atoms with E-state index in [2.05, 4.69) is 36.5 Å². The van der Waals surface area contributed by atoms with Crippen molar-refractivity contribution in [3.8, 4) is 5.75 Å². The summed E-state index contributed by atoms with van der Waals surface area (Å²) in [6, 6.07) is 16.3. The van der Waals surface area contributed by atoms with Crippen molar-refractivity contribution < 1.29 is 9.53 Å². The lowest BCUT2D eigenvalue weighted by atomic mass is 10.0. The minimum Gasteiger partial charge on any atom is -0.484 e. The highest BCUT2D eigenvalue weighted by Crippen LogP contribution is 2.41. The van der Waals surface area contributed by atoms with Crippen LogP contribution in [0.1, 0.15) is 35.6 Å². The molecule has 0 spiro atoms. The lowest BCUT2D eigenvalue weighted by Crippen LogP contribution is -2.33. The molecule has 3 rings (SSSR count). The maximum atomic E-state index is 12.2. The first-order chi connectivity index (χ1) is 11.1. The number of benzene rings is 2. The number of amides is 1. The second-order valence-electron chi connectivity index (χ2n) is 6.40. The number of carbonyl (C=O) groups is 1. The molecule has 1 aliphatic rings. The number of carbonyl (C=O) groups excluding carboxylic acids is 1. The third-order valence-corrected chi connectivity index (χ3v) is 4.24. The second kappa shape index (κ2) is 6.86. The predicted molar refractivity (Wildman–Crippen MR) is 91.5 cm³/mol.